The van der Waals surface area contributed by atoms with Crippen LogP contribution in [-0.2, 0) is 15.1 Å². The topological polar surface area (TPSA) is 87.7 Å². The molecule has 1 fully saturated rings. The molecule has 2 aromatic carbocycles. The number of carbonyl (C=O) groups excluding carboxylic acids is 3. The second-order valence-electron chi connectivity index (χ2n) is 6.72. The van der Waals surface area contributed by atoms with Crippen LogP contribution in [0.25, 0.3) is 0 Å². The summed E-state index contributed by atoms with van der Waals surface area (Å²) in [5.41, 5.74) is 1.14. The van der Waals surface area contributed by atoms with Gasteiger partial charge in [-0.1, -0.05) is 36.8 Å². The van der Waals surface area contributed by atoms with E-state index in [2.05, 4.69) is 10.6 Å². The molecule has 2 N–H and O–H groups in total. The van der Waals surface area contributed by atoms with Crippen LogP contribution in [0.4, 0.5) is 10.5 Å². The quantitative estimate of drug-likeness (QED) is 0.753. The maximum Gasteiger partial charge on any atom is 0.325 e. The zero-order valence-electron chi connectivity index (χ0n) is 16.1. The number of nitrogens with one attached hydrogen (secondary N) is 2. The zero-order chi connectivity index (χ0) is 20.3. The van der Waals surface area contributed by atoms with Crippen LogP contribution in [0.15, 0.2) is 48.5 Å². The lowest BCUT2D eigenvalue weighted by atomic mass is 9.87. The molecular weight excluding hydrogens is 358 g/mol. The lowest BCUT2D eigenvalue weighted by Gasteiger charge is -2.26. The number of benzene rings is 2. The molecule has 1 heterocycles. The van der Waals surface area contributed by atoms with Crippen molar-refractivity contribution in [1.82, 2.24) is 10.2 Å². The van der Waals surface area contributed by atoms with Gasteiger partial charge < -0.3 is 15.4 Å². The van der Waals surface area contributed by atoms with Gasteiger partial charge in [0.05, 0.1) is 7.11 Å². The summed E-state index contributed by atoms with van der Waals surface area (Å²) in [6.45, 7) is 3.41. The smallest absolute Gasteiger partial charge is 0.325 e. The van der Waals surface area contributed by atoms with Crippen molar-refractivity contribution in [1.29, 1.82) is 0 Å². The van der Waals surface area contributed by atoms with E-state index in [1.54, 1.807) is 43.5 Å². The number of aryl methyl sites for hydroxylation is 1. The molecule has 1 aliphatic heterocycles. The molecule has 7 heteroatoms. The van der Waals surface area contributed by atoms with E-state index >= 15 is 0 Å². The van der Waals surface area contributed by atoms with Crippen LogP contribution < -0.4 is 15.4 Å². The fourth-order valence-corrected chi connectivity index (χ4v) is 3.27. The number of anilines is 1. The Labute approximate surface area is 163 Å². The summed E-state index contributed by atoms with van der Waals surface area (Å²) in [6.07, 6.45) is 0.361. The Morgan fingerprint density at radius 2 is 1.75 bits per heavy atom. The molecule has 3 rings (SSSR count). The number of hydrogen-bond acceptors (Lipinski definition) is 4. The van der Waals surface area contributed by atoms with Crippen molar-refractivity contribution in [3.63, 3.8) is 0 Å². The van der Waals surface area contributed by atoms with E-state index in [0.717, 1.165) is 10.5 Å². The predicted molar refractivity (Wildman–Crippen MR) is 105 cm³/mol. The first kappa shape index (κ1) is 19.4. The van der Waals surface area contributed by atoms with Gasteiger partial charge in [0.2, 0.25) is 5.91 Å². The SMILES string of the molecule is CC[C@@]1(c2ccc(OC)cc2)NC(=O)N(CC(=O)Nc2ccc(C)cc2)C1=O. The highest BCUT2D eigenvalue weighted by Gasteiger charge is 2.51. The average Bonchev–Trinajstić information content (AvgIpc) is 2.95. The van der Waals surface area contributed by atoms with Gasteiger partial charge in [-0.15, -0.1) is 0 Å². The molecular formula is C21H23N3O4. The molecule has 2 aromatic rings. The van der Waals surface area contributed by atoms with Crippen molar-refractivity contribution in [3.05, 3.63) is 59.7 Å². The van der Waals surface area contributed by atoms with Gasteiger partial charge in [-0.3, -0.25) is 14.5 Å². The number of ether oxygens (including phenoxy) is 1. The van der Waals surface area contributed by atoms with Crippen molar-refractivity contribution >= 4 is 23.5 Å². The Morgan fingerprint density at radius 3 is 2.32 bits per heavy atom. The van der Waals surface area contributed by atoms with E-state index in [-0.39, 0.29) is 6.54 Å². The molecule has 28 heavy (non-hydrogen) atoms. The van der Waals surface area contributed by atoms with Gasteiger partial charge in [0, 0.05) is 5.69 Å². The van der Waals surface area contributed by atoms with Crippen molar-refractivity contribution in [3.8, 4) is 5.75 Å². The number of amides is 4. The summed E-state index contributed by atoms with van der Waals surface area (Å²) in [5, 5.41) is 5.47. The van der Waals surface area contributed by atoms with Crippen LogP contribution in [-0.4, -0.2) is 36.4 Å². The number of rotatable bonds is 6. The Balaban J connectivity index is 1.77. The molecule has 0 radical (unpaired) electrons. The second-order valence-corrected chi connectivity index (χ2v) is 6.72. The van der Waals surface area contributed by atoms with Crippen LogP contribution in [0.5, 0.6) is 5.75 Å². The lowest BCUT2D eigenvalue weighted by Crippen LogP contribution is -2.44. The summed E-state index contributed by atoms with van der Waals surface area (Å²) in [7, 11) is 1.56. The number of urea groups is 1. The standard InChI is InChI=1S/C21H23N3O4/c1-4-21(15-7-11-17(28-3)12-8-15)19(26)24(20(27)23-21)13-18(25)22-16-9-5-14(2)6-10-16/h5-12H,4,13H2,1-3H3,(H,22,25)(H,23,27)/t21-/m0/s1. The van der Waals surface area contributed by atoms with E-state index in [4.69, 9.17) is 4.74 Å². The summed E-state index contributed by atoms with van der Waals surface area (Å²) in [6, 6.07) is 13.7. The van der Waals surface area contributed by atoms with E-state index in [0.29, 0.717) is 23.4 Å². The summed E-state index contributed by atoms with van der Waals surface area (Å²) in [5.74, 6) is -0.223. The molecule has 1 atom stereocenters. The molecule has 0 saturated carbocycles. The van der Waals surface area contributed by atoms with Crippen molar-refractivity contribution in [2.45, 2.75) is 25.8 Å². The van der Waals surface area contributed by atoms with Gasteiger partial charge in [-0.25, -0.2) is 4.79 Å². The summed E-state index contributed by atoms with van der Waals surface area (Å²) in [4.78, 5) is 38.9. The highest BCUT2D eigenvalue weighted by molar-refractivity contribution is 6.10. The molecule has 1 saturated heterocycles. The highest BCUT2D eigenvalue weighted by atomic mass is 16.5. The molecule has 0 spiro atoms. The molecule has 1 aliphatic rings. The van der Waals surface area contributed by atoms with E-state index in [1.165, 1.54) is 0 Å². The average molecular weight is 381 g/mol. The molecule has 4 amide bonds. The van der Waals surface area contributed by atoms with Crippen LogP contribution in [0.3, 0.4) is 0 Å². The third-order valence-corrected chi connectivity index (χ3v) is 4.93. The minimum atomic E-state index is -1.19. The maximum absolute atomic E-state index is 13.1. The van der Waals surface area contributed by atoms with Crippen LogP contribution >= 0.6 is 0 Å². The Bertz CT molecular complexity index is 893. The van der Waals surface area contributed by atoms with Crippen LogP contribution in [0.1, 0.15) is 24.5 Å². The summed E-state index contributed by atoms with van der Waals surface area (Å²) < 4.78 is 5.15. The van der Waals surface area contributed by atoms with Gasteiger partial charge in [0.25, 0.3) is 5.91 Å². The zero-order valence-corrected chi connectivity index (χ0v) is 16.1. The molecule has 0 aliphatic carbocycles. The largest absolute Gasteiger partial charge is 0.497 e. The number of carbonyl (C=O) groups is 3. The van der Waals surface area contributed by atoms with Gasteiger partial charge in [-0.05, 0) is 43.2 Å². The van der Waals surface area contributed by atoms with E-state index < -0.39 is 23.4 Å². The summed E-state index contributed by atoms with van der Waals surface area (Å²) >= 11 is 0. The number of imide groups is 1. The fourth-order valence-electron chi connectivity index (χ4n) is 3.27. The fraction of sp³-hybridized carbons (Fsp3) is 0.286. The Kier molecular flexibility index (Phi) is 5.35. The minimum absolute atomic E-state index is 0.351. The molecule has 0 unspecified atom stereocenters. The molecule has 0 aromatic heterocycles. The monoisotopic (exact) mass is 381 g/mol. The normalized spacial score (nSPS) is 18.8. The van der Waals surface area contributed by atoms with Crippen LogP contribution in [0.2, 0.25) is 0 Å². The maximum atomic E-state index is 13.1. The van der Waals surface area contributed by atoms with Crippen molar-refractivity contribution < 1.29 is 19.1 Å². The van der Waals surface area contributed by atoms with Crippen molar-refractivity contribution in [2.75, 3.05) is 19.0 Å². The molecule has 7 nitrogen and oxygen atoms in total. The van der Waals surface area contributed by atoms with Gasteiger partial charge in [-0.2, -0.15) is 0 Å². The Hall–Kier alpha value is -3.35. The first-order valence-electron chi connectivity index (χ1n) is 9.05. The van der Waals surface area contributed by atoms with Gasteiger partial charge >= 0.3 is 6.03 Å². The third kappa shape index (κ3) is 3.55. The number of nitrogens with zero attached hydrogens (tertiary/aromatic N) is 1. The van der Waals surface area contributed by atoms with Gasteiger partial charge in [0.15, 0.2) is 0 Å². The van der Waals surface area contributed by atoms with Crippen LogP contribution in [0, 0.1) is 6.92 Å². The predicted octanol–water partition coefficient (Wildman–Crippen LogP) is 2.80. The van der Waals surface area contributed by atoms with Crippen molar-refractivity contribution in [2.24, 2.45) is 0 Å². The lowest BCUT2D eigenvalue weighted by molar-refractivity contribution is -0.134. The third-order valence-electron chi connectivity index (χ3n) is 4.93. The first-order valence-corrected chi connectivity index (χ1v) is 9.05. The Morgan fingerprint density at radius 1 is 1.11 bits per heavy atom. The van der Waals surface area contributed by atoms with Gasteiger partial charge in [0.1, 0.15) is 17.8 Å². The first-order chi connectivity index (χ1) is 13.4. The van der Waals surface area contributed by atoms with E-state index in [9.17, 15) is 14.4 Å². The minimum Gasteiger partial charge on any atom is -0.497 e. The second kappa shape index (κ2) is 7.72. The molecule has 0 bridgehead atoms. The number of hydrogen-bond donors (Lipinski definition) is 2. The highest BCUT2D eigenvalue weighted by Crippen LogP contribution is 2.33. The number of methoxy groups -OCH3 is 1. The van der Waals surface area contributed by atoms with E-state index in [1.807, 2.05) is 26.0 Å². The molecule has 146 valence electrons.